The lowest BCUT2D eigenvalue weighted by atomic mass is 10.5. The van der Waals surface area contributed by atoms with Gasteiger partial charge in [-0.3, -0.25) is 9.05 Å². The first-order valence-corrected chi connectivity index (χ1v) is 7.58. The number of phosphoric ester groups is 2. The molecular formula is C6H18O8P2. The fraction of sp³-hybridized carbons (Fsp3) is 1.00. The Kier molecular flexibility index (Phi) is 10.8. The normalized spacial score (nSPS) is 11.9. The van der Waals surface area contributed by atoms with Gasteiger partial charge in [0.1, 0.15) is 0 Å². The second-order valence-electron chi connectivity index (χ2n) is 2.65. The van der Waals surface area contributed by atoms with Crippen LogP contribution in [-0.2, 0) is 18.2 Å². The van der Waals surface area contributed by atoms with E-state index in [-0.39, 0.29) is 13.2 Å². The summed E-state index contributed by atoms with van der Waals surface area (Å²) in [5, 5.41) is 0. The highest BCUT2D eigenvalue weighted by Crippen LogP contribution is 2.35. The topological polar surface area (TPSA) is 134 Å². The van der Waals surface area contributed by atoms with Gasteiger partial charge in [-0.15, -0.1) is 0 Å². The zero-order chi connectivity index (χ0) is 13.2. The minimum absolute atomic E-state index is 0.115. The molecule has 0 bridgehead atoms. The molecule has 4 N–H and O–H groups in total. The molecular weight excluding hydrogens is 262 g/mol. The molecule has 0 heterocycles. The summed E-state index contributed by atoms with van der Waals surface area (Å²) in [4.78, 5) is 32.2. The van der Waals surface area contributed by atoms with Gasteiger partial charge in [-0.05, 0) is 12.8 Å². The fourth-order valence-electron chi connectivity index (χ4n) is 0.420. The molecule has 0 fully saturated rings. The predicted molar refractivity (Wildman–Crippen MR) is 56.6 cm³/mol. The van der Waals surface area contributed by atoms with Crippen molar-refractivity contribution in [3.63, 3.8) is 0 Å². The van der Waals surface area contributed by atoms with Crippen molar-refractivity contribution in [3.8, 4) is 0 Å². The molecule has 0 aromatic carbocycles. The lowest BCUT2D eigenvalue weighted by Gasteiger charge is -2.00. The number of hydrogen-bond donors (Lipinski definition) is 4. The lowest BCUT2D eigenvalue weighted by molar-refractivity contribution is 0.195. The van der Waals surface area contributed by atoms with E-state index in [0.29, 0.717) is 12.8 Å². The van der Waals surface area contributed by atoms with Crippen LogP contribution in [0, 0.1) is 0 Å². The minimum atomic E-state index is -4.18. The Bertz CT molecular complexity index is 217. The maximum Gasteiger partial charge on any atom is 0.469 e. The first kappa shape index (κ1) is 18.6. The molecule has 0 aromatic rings. The second kappa shape index (κ2) is 9.27. The third kappa shape index (κ3) is 23.8. The predicted octanol–water partition coefficient (Wildman–Crippen LogP) is 1.01. The standard InChI is InChI=1S/2C3H9O4P/c2*1-2-3-7-8(4,5)6/h2*2-3H2,1H3,(H2,4,5,6). The maximum absolute atomic E-state index is 9.86. The summed E-state index contributed by atoms with van der Waals surface area (Å²) in [6.07, 6.45) is 1.23. The molecule has 0 atom stereocenters. The number of phosphoric acid groups is 2. The van der Waals surface area contributed by atoms with E-state index < -0.39 is 15.6 Å². The average Bonchev–Trinajstić information content (AvgIpc) is 2.10. The van der Waals surface area contributed by atoms with Crippen molar-refractivity contribution in [3.05, 3.63) is 0 Å². The van der Waals surface area contributed by atoms with Gasteiger partial charge in [0.25, 0.3) is 0 Å². The largest absolute Gasteiger partial charge is 0.469 e. The molecule has 0 rings (SSSR count). The Hall–Kier alpha value is 0.220. The summed E-state index contributed by atoms with van der Waals surface area (Å²) in [6, 6.07) is 0. The van der Waals surface area contributed by atoms with Crippen LogP contribution >= 0.6 is 15.6 Å². The molecule has 0 unspecified atom stereocenters. The van der Waals surface area contributed by atoms with Crippen LogP contribution < -0.4 is 0 Å². The zero-order valence-corrected chi connectivity index (χ0v) is 10.9. The Morgan fingerprint density at radius 1 is 0.812 bits per heavy atom. The van der Waals surface area contributed by atoms with E-state index in [2.05, 4.69) is 9.05 Å². The minimum Gasteiger partial charge on any atom is -0.303 e. The quantitative estimate of drug-likeness (QED) is 0.530. The molecule has 0 aliphatic heterocycles. The van der Waals surface area contributed by atoms with E-state index in [9.17, 15) is 9.13 Å². The second-order valence-corrected chi connectivity index (χ2v) is 5.13. The van der Waals surface area contributed by atoms with E-state index in [0.717, 1.165) is 0 Å². The van der Waals surface area contributed by atoms with Crippen LogP contribution in [0.2, 0.25) is 0 Å². The van der Waals surface area contributed by atoms with Crippen molar-refractivity contribution in [2.45, 2.75) is 26.7 Å². The molecule has 16 heavy (non-hydrogen) atoms. The Labute approximate surface area is 94.1 Å². The Balaban J connectivity index is 0. The molecule has 0 spiro atoms. The Morgan fingerprint density at radius 3 is 1.12 bits per heavy atom. The van der Waals surface area contributed by atoms with E-state index in [1.807, 2.05) is 0 Å². The molecule has 0 aromatic heterocycles. The fourth-order valence-corrected chi connectivity index (χ4v) is 1.26. The van der Waals surface area contributed by atoms with Crippen LogP contribution in [-0.4, -0.2) is 32.8 Å². The number of hydrogen-bond acceptors (Lipinski definition) is 4. The summed E-state index contributed by atoms with van der Waals surface area (Å²) in [6.45, 7) is 3.78. The Morgan fingerprint density at radius 2 is 1.06 bits per heavy atom. The van der Waals surface area contributed by atoms with E-state index in [4.69, 9.17) is 19.6 Å². The van der Waals surface area contributed by atoms with Crippen LogP contribution in [0.4, 0.5) is 0 Å². The highest BCUT2D eigenvalue weighted by Gasteiger charge is 2.11. The molecule has 0 saturated carbocycles. The van der Waals surface area contributed by atoms with E-state index >= 15 is 0 Å². The molecule has 0 aliphatic rings. The van der Waals surface area contributed by atoms with E-state index in [1.54, 1.807) is 13.8 Å². The van der Waals surface area contributed by atoms with Crippen molar-refractivity contribution in [1.82, 2.24) is 0 Å². The van der Waals surface area contributed by atoms with Crippen molar-refractivity contribution < 1.29 is 37.8 Å². The molecule has 0 aliphatic carbocycles. The van der Waals surface area contributed by atoms with Gasteiger partial charge in [-0.2, -0.15) is 0 Å². The van der Waals surface area contributed by atoms with Crippen molar-refractivity contribution in [1.29, 1.82) is 0 Å². The van der Waals surface area contributed by atoms with Gasteiger partial charge >= 0.3 is 15.6 Å². The highest BCUT2D eigenvalue weighted by atomic mass is 31.2. The monoisotopic (exact) mass is 280 g/mol. The number of rotatable bonds is 6. The third-order valence-electron chi connectivity index (χ3n) is 0.927. The molecule has 8 nitrogen and oxygen atoms in total. The van der Waals surface area contributed by atoms with Crippen LogP contribution in [0.15, 0.2) is 0 Å². The molecule has 10 heteroatoms. The summed E-state index contributed by atoms with van der Waals surface area (Å²) in [7, 11) is -8.36. The maximum atomic E-state index is 9.86. The van der Waals surface area contributed by atoms with Gasteiger partial charge < -0.3 is 19.6 Å². The molecule has 0 saturated heterocycles. The van der Waals surface area contributed by atoms with Gasteiger partial charge in [0.05, 0.1) is 13.2 Å². The van der Waals surface area contributed by atoms with Gasteiger partial charge in [0.15, 0.2) is 0 Å². The summed E-state index contributed by atoms with van der Waals surface area (Å²) >= 11 is 0. The summed E-state index contributed by atoms with van der Waals surface area (Å²) in [5.41, 5.74) is 0. The average molecular weight is 280 g/mol. The van der Waals surface area contributed by atoms with Gasteiger partial charge in [0.2, 0.25) is 0 Å². The molecule has 100 valence electrons. The van der Waals surface area contributed by atoms with Gasteiger partial charge in [-0.25, -0.2) is 9.13 Å². The van der Waals surface area contributed by atoms with Crippen LogP contribution in [0.5, 0.6) is 0 Å². The van der Waals surface area contributed by atoms with Crippen molar-refractivity contribution >= 4 is 15.6 Å². The van der Waals surface area contributed by atoms with Crippen LogP contribution in [0.3, 0.4) is 0 Å². The smallest absolute Gasteiger partial charge is 0.303 e. The van der Waals surface area contributed by atoms with Crippen LogP contribution in [0.1, 0.15) is 26.7 Å². The van der Waals surface area contributed by atoms with Crippen molar-refractivity contribution in [2.75, 3.05) is 13.2 Å². The summed E-state index contributed by atoms with van der Waals surface area (Å²) in [5.74, 6) is 0. The van der Waals surface area contributed by atoms with Gasteiger partial charge in [-0.1, -0.05) is 13.8 Å². The molecule has 0 amide bonds. The van der Waals surface area contributed by atoms with E-state index in [1.165, 1.54) is 0 Å². The highest BCUT2D eigenvalue weighted by molar-refractivity contribution is 7.46. The van der Waals surface area contributed by atoms with Crippen LogP contribution in [0.25, 0.3) is 0 Å². The SMILES string of the molecule is CCCOP(=O)(O)O.CCCOP(=O)(O)O. The van der Waals surface area contributed by atoms with Gasteiger partial charge in [0, 0.05) is 0 Å². The lowest BCUT2D eigenvalue weighted by Crippen LogP contribution is -1.88. The third-order valence-corrected chi connectivity index (χ3v) is 1.97. The zero-order valence-electron chi connectivity index (χ0n) is 9.14. The first-order chi connectivity index (χ1) is 7.12. The summed E-state index contributed by atoms with van der Waals surface area (Å²) < 4.78 is 27.8. The first-order valence-electron chi connectivity index (χ1n) is 4.52. The van der Waals surface area contributed by atoms with Crippen molar-refractivity contribution in [2.24, 2.45) is 0 Å². The molecule has 0 radical (unpaired) electrons.